The topological polar surface area (TPSA) is 59.6 Å². The second-order valence-corrected chi connectivity index (χ2v) is 8.76. The summed E-state index contributed by atoms with van der Waals surface area (Å²) in [5.41, 5.74) is 1.54. The van der Waals surface area contributed by atoms with E-state index in [1.54, 1.807) is 18.2 Å². The van der Waals surface area contributed by atoms with Crippen LogP contribution in [0, 0.1) is 0 Å². The Morgan fingerprint density at radius 3 is 2.48 bits per heavy atom. The van der Waals surface area contributed by atoms with Gasteiger partial charge in [0.2, 0.25) is 0 Å². The van der Waals surface area contributed by atoms with Crippen molar-refractivity contribution < 1.29 is 14.3 Å². The molecule has 0 saturated carbocycles. The van der Waals surface area contributed by atoms with Crippen LogP contribution in [0.4, 0.5) is 0 Å². The molecule has 0 bridgehead atoms. The van der Waals surface area contributed by atoms with Gasteiger partial charge in [0, 0.05) is 12.1 Å². The third kappa shape index (κ3) is 9.27. The van der Waals surface area contributed by atoms with Crippen molar-refractivity contribution in [3.63, 3.8) is 0 Å². The molecule has 0 aliphatic carbocycles. The lowest BCUT2D eigenvalue weighted by Crippen LogP contribution is -2.38. The number of thiocarbonyl (C=S) groups is 1. The minimum atomic E-state index is -0.270. The number of unbranched alkanes of at least 4 members (excludes halogenated alkanes) is 3. The van der Waals surface area contributed by atoms with E-state index in [9.17, 15) is 4.79 Å². The second-order valence-electron chi connectivity index (χ2n) is 7.50. The Bertz CT molecular complexity index is 856. The number of ether oxygens (including phenoxy) is 2. The van der Waals surface area contributed by atoms with E-state index in [1.165, 1.54) is 12.8 Å². The number of benzene rings is 2. The molecule has 0 aliphatic heterocycles. The molecule has 0 fully saturated rings. The summed E-state index contributed by atoms with van der Waals surface area (Å²) in [6.07, 6.45) is 4.74. The van der Waals surface area contributed by atoms with E-state index in [0.29, 0.717) is 18.7 Å². The summed E-state index contributed by atoms with van der Waals surface area (Å²) in [6.45, 7) is 7.34. The summed E-state index contributed by atoms with van der Waals surface area (Å²) < 4.78 is 12.2. The van der Waals surface area contributed by atoms with Gasteiger partial charge in [0.25, 0.3) is 5.91 Å². The van der Waals surface area contributed by atoms with E-state index < -0.39 is 0 Å². The van der Waals surface area contributed by atoms with Gasteiger partial charge in [0.15, 0.2) is 5.11 Å². The third-order valence-electron chi connectivity index (χ3n) is 4.42. The van der Waals surface area contributed by atoms with Crippen molar-refractivity contribution in [2.75, 3.05) is 6.61 Å². The van der Waals surface area contributed by atoms with Gasteiger partial charge in [0.1, 0.15) is 11.5 Å². The van der Waals surface area contributed by atoms with Crippen LogP contribution in [-0.4, -0.2) is 23.7 Å². The van der Waals surface area contributed by atoms with Crippen molar-refractivity contribution in [2.45, 2.75) is 59.1 Å². The predicted octanol–water partition coefficient (Wildman–Crippen LogP) is 6.00. The number of rotatable bonds is 11. The maximum Gasteiger partial charge on any atom is 0.257 e. The Balaban J connectivity index is 1.80. The van der Waals surface area contributed by atoms with Crippen LogP contribution in [0.25, 0.3) is 0 Å². The zero-order valence-corrected chi connectivity index (χ0v) is 20.8. The molecule has 0 saturated heterocycles. The minimum Gasteiger partial charge on any atom is -0.492 e. The fourth-order valence-electron chi connectivity index (χ4n) is 2.83. The van der Waals surface area contributed by atoms with E-state index in [1.807, 2.05) is 38.1 Å². The lowest BCUT2D eigenvalue weighted by molar-refractivity contribution is 0.0976. The average Bonchev–Trinajstić information content (AvgIpc) is 2.73. The Kier molecular flexibility index (Phi) is 10.8. The van der Waals surface area contributed by atoms with Crippen molar-refractivity contribution >= 4 is 39.2 Å². The first-order chi connectivity index (χ1) is 14.9. The molecule has 7 heteroatoms. The van der Waals surface area contributed by atoms with Crippen molar-refractivity contribution in [3.05, 3.63) is 58.1 Å². The molecule has 1 amide bonds. The van der Waals surface area contributed by atoms with Gasteiger partial charge in [-0.15, -0.1) is 0 Å². The zero-order valence-electron chi connectivity index (χ0n) is 18.4. The van der Waals surface area contributed by atoms with Crippen molar-refractivity contribution in [2.24, 2.45) is 0 Å². The Morgan fingerprint density at radius 2 is 1.84 bits per heavy atom. The molecular weight excluding hydrogens is 476 g/mol. The van der Waals surface area contributed by atoms with E-state index in [-0.39, 0.29) is 17.1 Å². The summed E-state index contributed by atoms with van der Waals surface area (Å²) in [5.74, 6) is 1.29. The highest BCUT2D eigenvalue weighted by Gasteiger charge is 2.11. The minimum absolute atomic E-state index is 0.137. The number of hydrogen-bond acceptors (Lipinski definition) is 4. The molecule has 2 aromatic rings. The number of carbonyl (C=O) groups excluding carboxylic acids is 1. The van der Waals surface area contributed by atoms with Gasteiger partial charge < -0.3 is 14.8 Å². The molecule has 31 heavy (non-hydrogen) atoms. The van der Waals surface area contributed by atoms with Crippen LogP contribution in [0.15, 0.2) is 46.9 Å². The maximum absolute atomic E-state index is 12.5. The first-order valence-corrected chi connectivity index (χ1v) is 11.9. The molecule has 2 N–H and O–H groups in total. The highest BCUT2D eigenvalue weighted by Crippen LogP contribution is 2.26. The van der Waals surface area contributed by atoms with Crippen LogP contribution in [0.2, 0.25) is 0 Å². The fourth-order valence-corrected chi connectivity index (χ4v) is 3.49. The molecule has 0 heterocycles. The summed E-state index contributed by atoms with van der Waals surface area (Å²) in [6, 6.07) is 13.0. The third-order valence-corrected chi connectivity index (χ3v) is 5.29. The Hall–Kier alpha value is -2.12. The molecule has 5 nitrogen and oxygen atoms in total. The van der Waals surface area contributed by atoms with Gasteiger partial charge in [-0.3, -0.25) is 10.1 Å². The first kappa shape index (κ1) is 25.1. The van der Waals surface area contributed by atoms with Crippen molar-refractivity contribution in [1.82, 2.24) is 10.6 Å². The average molecular weight is 507 g/mol. The van der Waals surface area contributed by atoms with Crippen LogP contribution in [-0.2, 0) is 6.54 Å². The van der Waals surface area contributed by atoms with E-state index in [2.05, 4.69) is 33.5 Å². The molecule has 0 atom stereocenters. The van der Waals surface area contributed by atoms with Crippen LogP contribution in [0.1, 0.15) is 62.4 Å². The molecule has 168 valence electrons. The number of halogens is 1. The standard InChI is InChI=1S/C24H31BrN2O3S/c1-4-5-6-7-14-29-22-13-10-19(15-21(22)25)23(28)27-24(31)26-16-18-8-11-20(12-9-18)30-17(2)3/h8-13,15,17H,4-7,14,16H2,1-3H3,(H2,26,27,28,31). The highest BCUT2D eigenvalue weighted by molar-refractivity contribution is 9.10. The van der Waals surface area contributed by atoms with Gasteiger partial charge in [-0.25, -0.2) is 0 Å². The smallest absolute Gasteiger partial charge is 0.257 e. The van der Waals surface area contributed by atoms with Crippen LogP contribution in [0.3, 0.4) is 0 Å². The van der Waals surface area contributed by atoms with Gasteiger partial charge in [0.05, 0.1) is 17.2 Å². The summed E-state index contributed by atoms with van der Waals surface area (Å²) in [4.78, 5) is 12.5. The molecule has 0 aromatic heterocycles. The van der Waals surface area contributed by atoms with Crippen molar-refractivity contribution in [1.29, 1.82) is 0 Å². The molecule has 0 aliphatic rings. The molecule has 2 aromatic carbocycles. The number of amides is 1. The quantitative estimate of drug-likeness (QED) is 0.289. The molecule has 2 rings (SSSR count). The monoisotopic (exact) mass is 506 g/mol. The van der Waals surface area contributed by atoms with Crippen LogP contribution < -0.4 is 20.1 Å². The number of nitrogens with one attached hydrogen (secondary N) is 2. The lowest BCUT2D eigenvalue weighted by atomic mass is 10.2. The van der Waals surface area contributed by atoms with E-state index >= 15 is 0 Å². The lowest BCUT2D eigenvalue weighted by Gasteiger charge is -2.12. The number of hydrogen-bond donors (Lipinski definition) is 2. The van der Waals surface area contributed by atoms with Gasteiger partial charge in [-0.2, -0.15) is 0 Å². The first-order valence-electron chi connectivity index (χ1n) is 10.7. The molecule has 0 spiro atoms. The SMILES string of the molecule is CCCCCCOc1ccc(C(=O)NC(=S)NCc2ccc(OC(C)C)cc2)cc1Br. The summed E-state index contributed by atoms with van der Waals surface area (Å²) in [5, 5.41) is 6.04. The van der Waals surface area contributed by atoms with E-state index in [4.69, 9.17) is 21.7 Å². The number of carbonyl (C=O) groups is 1. The second kappa shape index (κ2) is 13.3. The van der Waals surface area contributed by atoms with Gasteiger partial charge in [-0.1, -0.05) is 38.3 Å². The van der Waals surface area contributed by atoms with Crippen LogP contribution >= 0.6 is 28.1 Å². The van der Waals surface area contributed by atoms with Gasteiger partial charge in [-0.05, 0) is 84.3 Å². The van der Waals surface area contributed by atoms with E-state index in [0.717, 1.165) is 34.4 Å². The molecule has 0 radical (unpaired) electrons. The maximum atomic E-state index is 12.5. The van der Waals surface area contributed by atoms with Gasteiger partial charge >= 0.3 is 0 Å². The van der Waals surface area contributed by atoms with Crippen molar-refractivity contribution in [3.8, 4) is 11.5 Å². The fraction of sp³-hybridized carbons (Fsp3) is 0.417. The Morgan fingerprint density at radius 1 is 1.10 bits per heavy atom. The summed E-state index contributed by atoms with van der Waals surface area (Å²) in [7, 11) is 0. The normalized spacial score (nSPS) is 10.6. The largest absolute Gasteiger partial charge is 0.492 e. The highest BCUT2D eigenvalue weighted by atomic mass is 79.9. The molecular formula is C24H31BrN2O3S. The molecule has 0 unspecified atom stereocenters. The predicted molar refractivity (Wildman–Crippen MR) is 133 cm³/mol. The zero-order chi connectivity index (χ0) is 22.6. The summed E-state index contributed by atoms with van der Waals surface area (Å²) >= 11 is 8.74. The van der Waals surface area contributed by atoms with Crippen LogP contribution in [0.5, 0.6) is 11.5 Å². The Labute approximate surface area is 199 Å².